The van der Waals surface area contributed by atoms with E-state index in [1.54, 1.807) is 30.9 Å². The molecule has 0 atom stereocenters. The lowest BCUT2D eigenvalue weighted by Gasteiger charge is -2.07. The molecule has 0 bridgehead atoms. The first-order chi connectivity index (χ1) is 8.27. The molecule has 0 spiro atoms. The Morgan fingerprint density at radius 2 is 2.41 bits per heavy atom. The number of amides is 1. The SMILES string of the molecule is NC(=O)c1cccnc1NCCc1cnc[nH]1. The van der Waals surface area contributed by atoms with E-state index in [9.17, 15) is 4.79 Å². The second kappa shape index (κ2) is 5.11. The number of carbonyl (C=O) groups is 1. The van der Waals surface area contributed by atoms with E-state index in [0.717, 1.165) is 12.1 Å². The van der Waals surface area contributed by atoms with Crippen molar-refractivity contribution in [1.82, 2.24) is 15.0 Å². The van der Waals surface area contributed by atoms with E-state index in [0.29, 0.717) is 17.9 Å². The van der Waals surface area contributed by atoms with Crippen LogP contribution in [0.4, 0.5) is 5.82 Å². The van der Waals surface area contributed by atoms with Crippen molar-refractivity contribution < 1.29 is 4.79 Å². The molecule has 0 fully saturated rings. The molecule has 1 amide bonds. The van der Waals surface area contributed by atoms with Gasteiger partial charge < -0.3 is 16.0 Å². The molecule has 2 aromatic heterocycles. The van der Waals surface area contributed by atoms with Crippen LogP contribution in [0.1, 0.15) is 16.1 Å². The van der Waals surface area contributed by atoms with Gasteiger partial charge in [0, 0.05) is 31.1 Å². The van der Waals surface area contributed by atoms with Crippen molar-refractivity contribution in [2.24, 2.45) is 5.73 Å². The lowest BCUT2D eigenvalue weighted by atomic mass is 10.2. The van der Waals surface area contributed by atoms with Gasteiger partial charge in [-0.25, -0.2) is 9.97 Å². The highest BCUT2D eigenvalue weighted by Gasteiger charge is 2.07. The van der Waals surface area contributed by atoms with Crippen LogP contribution in [0.3, 0.4) is 0 Å². The summed E-state index contributed by atoms with van der Waals surface area (Å²) in [5.41, 5.74) is 6.67. The fourth-order valence-electron chi connectivity index (χ4n) is 1.48. The number of rotatable bonds is 5. The van der Waals surface area contributed by atoms with Crippen LogP contribution in [0.25, 0.3) is 0 Å². The molecule has 0 radical (unpaired) electrons. The molecule has 0 aromatic carbocycles. The second-order valence-electron chi connectivity index (χ2n) is 3.52. The zero-order valence-electron chi connectivity index (χ0n) is 9.18. The van der Waals surface area contributed by atoms with Crippen molar-refractivity contribution in [2.75, 3.05) is 11.9 Å². The molecular formula is C11H13N5O. The van der Waals surface area contributed by atoms with Crippen LogP contribution in [0, 0.1) is 0 Å². The zero-order chi connectivity index (χ0) is 12.1. The summed E-state index contributed by atoms with van der Waals surface area (Å²) in [6.45, 7) is 0.652. The number of hydrogen-bond acceptors (Lipinski definition) is 4. The van der Waals surface area contributed by atoms with Gasteiger partial charge in [0.05, 0.1) is 11.9 Å². The molecule has 0 aliphatic heterocycles. The zero-order valence-corrected chi connectivity index (χ0v) is 9.18. The number of hydrogen-bond donors (Lipinski definition) is 3. The van der Waals surface area contributed by atoms with E-state index >= 15 is 0 Å². The highest BCUT2D eigenvalue weighted by atomic mass is 16.1. The molecule has 0 unspecified atom stereocenters. The van der Waals surface area contributed by atoms with Crippen molar-refractivity contribution in [1.29, 1.82) is 0 Å². The standard InChI is InChI=1S/C11H13N5O/c12-10(17)9-2-1-4-14-11(9)15-5-3-8-6-13-7-16-8/h1-2,4,6-7H,3,5H2,(H2,12,17)(H,13,16)(H,14,15). The number of imidazole rings is 1. The highest BCUT2D eigenvalue weighted by Crippen LogP contribution is 2.10. The molecule has 17 heavy (non-hydrogen) atoms. The van der Waals surface area contributed by atoms with Gasteiger partial charge in [0.15, 0.2) is 0 Å². The molecule has 0 aliphatic carbocycles. The molecule has 2 rings (SSSR count). The van der Waals surface area contributed by atoms with Crippen LogP contribution in [0.15, 0.2) is 30.9 Å². The average Bonchev–Trinajstić information content (AvgIpc) is 2.82. The van der Waals surface area contributed by atoms with Crippen molar-refractivity contribution in [3.63, 3.8) is 0 Å². The summed E-state index contributed by atoms with van der Waals surface area (Å²) in [6, 6.07) is 3.33. The number of aromatic amines is 1. The van der Waals surface area contributed by atoms with Gasteiger partial charge >= 0.3 is 0 Å². The number of nitrogens with two attached hydrogens (primary N) is 1. The molecular weight excluding hydrogens is 218 g/mol. The van der Waals surface area contributed by atoms with Gasteiger partial charge in [0.1, 0.15) is 5.82 Å². The van der Waals surface area contributed by atoms with Crippen molar-refractivity contribution >= 4 is 11.7 Å². The third-order valence-corrected chi connectivity index (χ3v) is 2.31. The highest BCUT2D eigenvalue weighted by molar-refractivity contribution is 5.97. The Labute approximate surface area is 98.3 Å². The predicted molar refractivity (Wildman–Crippen MR) is 63.5 cm³/mol. The molecule has 0 saturated carbocycles. The molecule has 0 aliphatic rings. The van der Waals surface area contributed by atoms with Gasteiger partial charge in [-0.05, 0) is 12.1 Å². The number of pyridine rings is 1. The van der Waals surface area contributed by atoms with Crippen LogP contribution in [-0.4, -0.2) is 27.4 Å². The number of aromatic nitrogens is 3. The van der Waals surface area contributed by atoms with E-state index in [-0.39, 0.29) is 0 Å². The van der Waals surface area contributed by atoms with Gasteiger partial charge in [0.25, 0.3) is 5.91 Å². The van der Waals surface area contributed by atoms with E-state index in [1.807, 2.05) is 0 Å². The van der Waals surface area contributed by atoms with Crippen molar-refractivity contribution in [3.8, 4) is 0 Å². The summed E-state index contributed by atoms with van der Waals surface area (Å²) < 4.78 is 0. The normalized spacial score (nSPS) is 10.1. The van der Waals surface area contributed by atoms with E-state index < -0.39 is 5.91 Å². The first kappa shape index (κ1) is 11.1. The van der Waals surface area contributed by atoms with Gasteiger partial charge in [0.2, 0.25) is 0 Å². The van der Waals surface area contributed by atoms with Crippen LogP contribution in [0.5, 0.6) is 0 Å². The third-order valence-electron chi connectivity index (χ3n) is 2.31. The number of anilines is 1. The molecule has 6 heteroatoms. The lowest BCUT2D eigenvalue weighted by molar-refractivity contribution is 0.100. The Kier molecular flexibility index (Phi) is 3.34. The first-order valence-electron chi connectivity index (χ1n) is 5.23. The maximum atomic E-state index is 11.1. The minimum atomic E-state index is -0.484. The van der Waals surface area contributed by atoms with Crippen LogP contribution < -0.4 is 11.1 Å². The summed E-state index contributed by atoms with van der Waals surface area (Å²) in [6.07, 6.45) is 5.78. The van der Waals surface area contributed by atoms with Crippen molar-refractivity contribution in [2.45, 2.75) is 6.42 Å². The Bertz CT molecular complexity index is 494. The molecule has 2 aromatic rings. The van der Waals surface area contributed by atoms with Crippen LogP contribution in [0.2, 0.25) is 0 Å². The fraction of sp³-hybridized carbons (Fsp3) is 0.182. The molecule has 0 saturated heterocycles. The molecule has 88 valence electrons. The maximum absolute atomic E-state index is 11.1. The fourth-order valence-corrected chi connectivity index (χ4v) is 1.48. The summed E-state index contributed by atoms with van der Waals surface area (Å²) in [4.78, 5) is 22.1. The number of nitrogens with zero attached hydrogens (tertiary/aromatic N) is 2. The number of primary amides is 1. The van der Waals surface area contributed by atoms with Crippen LogP contribution in [-0.2, 0) is 6.42 Å². The topological polar surface area (TPSA) is 96.7 Å². The quantitative estimate of drug-likeness (QED) is 0.700. The Morgan fingerprint density at radius 3 is 3.12 bits per heavy atom. The Balaban J connectivity index is 1.97. The minimum Gasteiger partial charge on any atom is -0.369 e. The van der Waals surface area contributed by atoms with E-state index in [1.165, 1.54) is 0 Å². The molecule has 4 N–H and O–H groups in total. The number of carbonyl (C=O) groups excluding carboxylic acids is 1. The Hall–Kier alpha value is -2.37. The second-order valence-corrected chi connectivity index (χ2v) is 3.52. The van der Waals surface area contributed by atoms with Gasteiger partial charge in [-0.15, -0.1) is 0 Å². The van der Waals surface area contributed by atoms with Crippen LogP contribution >= 0.6 is 0 Å². The predicted octanol–water partition coefficient (Wildman–Crippen LogP) is 0.558. The van der Waals surface area contributed by atoms with Gasteiger partial charge in [-0.1, -0.05) is 0 Å². The minimum absolute atomic E-state index is 0.400. The third kappa shape index (κ3) is 2.81. The summed E-state index contributed by atoms with van der Waals surface area (Å²) in [5.74, 6) is 0.0293. The Morgan fingerprint density at radius 1 is 1.53 bits per heavy atom. The number of H-pyrrole nitrogens is 1. The molecule has 2 heterocycles. The summed E-state index contributed by atoms with van der Waals surface area (Å²) >= 11 is 0. The molecule has 6 nitrogen and oxygen atoms in total. The average molecular weight is 231 g/mol. The largest absolute Gasteiger partial charge is 0.369 e. The maximum Gasteiger partial charge on any atom is 0.252 e. The summed E-state index contributed by atoms with van der Waals surface area (Å²) in [7, 11) is 0. The van der Waals surface area contributed by atoms with Gasteiger partial charge in [-0.3, -0.25) is 4.79 Å². The van der Waals surface area contributed by atoms with E-state index in [4.69, 9.17) is 5.73 Å². The first-order valence-corrected chi connectivity index (χ1v) is 5.23. The van der Waals surface area contributed by atoms with Gasteiger partial charge in [-0.2, -0.15) is 0 Å². The number of nitrogens with one attached hydrogen (secondary N) is 2. The monoisotopic (exact) mass is 231 g/mol. The van der Waals surface area contributed by atoms with Crippen molar-refractivity contribution in [3.05, 3.63) is 42.1 Å². The smallest absolute Gasteiger partial charge is 0.252 e. The van der Waals surface area contributed by atoms with E-state index in [2.05, 4.69) is 20.3 Å². The summed E-state index contributed by atoms with van der Waals surface area (Å²) in [5, 5.41) is 3.07. The lowest BCUT2D eigenvalue weighted by Crippen LogP contribution is -2.16.